The molecule has 0 N–H and O–H groups in total. The van der Waals surface area contributed by atoms with Crippen molar-refractivity contribution in [2.24, 2.45) is 0 Å². The molecule has 0 spiro atoms. The zero-order chi connectivity index (χ0) is 7.40. The van der Waals surface area contributed by atoms with Crippen LogP contribution < -0.4 is 0 Å². The Morgan fingerprint density at radius 3 is 1.27 bits per heavy atom. The van der Waals surface area contributed by atoms with Crippen molar-refractivity contribution in [3.8, 4) is 0 Å². The fraction of sp³-hybridized carbons (Fsp3) is 1.00. The van der Waals surface area contributed by atoms with Gasteiger partial charge in [0.05, 0.1) is 0 Å². The molecule has 0 amide bonds. The highest BCUT2D eigenvalue weighted by atomic mass is 15.2. The lowest BCUT2D eigenvalue weighted by atomic mass is 10.3. The molecule has 1 aliphatic rings. The van der Waals surface area contributed by atoms with Crippen LogP contribution in [0.1, 0.15) is 21.3 Å². The summed E-state index contributed by atoms with van der Waals surface area (Å²) in [5.74, 6) is 0. The molecule has 1 saturated heterocycles. The molecule has 2 heteroatoms. The summed E-state index contributed by atoms with van der Waals surface area (Å²) >= 11 is 0. The molecule has 2 nitrogen and oxygen atoms in total. The minimum absolute atomic E-state index is 0. The van der Waals surface area contributed by atoms with E-state index in [9.17, 15) is 0 Å². The summed E-state index contributed by atoms with van der Waals surface area (Å²) in [5, 5.41) is 0. The Bertz CT molecular complexity index is 73.6. The van der Waals surface area contributed by atoms with E-state index in [2.05, 4.69) is 23.6 Å². The van der Waals surface area contributed by atoms with Crippen molar-refractivity contribution in [2.45, 2.75) is 21.3 Å². The van der Waals surface area contributed by atoms with Gasteiger partial charge in [-0.25, -0.2) is 0 Å². The van der Waals surface area contributed by atoms with E-state index in [0.29, 0.717) is 0 Å². The maximum atomic E-state index is 2.51. The summed E-state index contributed by atoms with van der Waals surface area (Å²) in [4.78, 5) is 5.01. The largest absolute Gasteiger partial charge is 0.301 e. The Balaban J connectivity index is 0.000001000. The third kappa shape index (κ3) is 3.21. The lowest BCUT2D eigenvalue weighted by molar-refractivity contribution is 0.142. The minimum atomic E-state index is 0. The normalized spacial score (nSPS) is 21.3. The maximum absolute atomic E-state index is 2.51. The molecule has 1 fully saturated rings. The molecule has 0 aromatic heterocycles. The topological polar surface area (TPSA) is 6.48 Å². The Morgan fingerprint density at radius 2 is 1.09 bits per heavy atom. The van der Waals surface area contributed by atoms with Gasteiger partial charge in [0, 0.05) is 26.2 Å². The van der Waals surface area contributed by atoms with Crippen LogP contribution in [0.5, 0.6) is 0 Å². The highest BCUT2D eigenvalue weighted by Gasteiger charge is 2.12. The average molecular weight is 158 g/mol. The number of hydrogen-bond acceptors (Lipinski definition) is 2. The monoisotopic (exact) mass is 158 g/mol. The minimum Gasteiger partial charge on any atom is -0.301 e. The van der Waals surface area contributed by atoms with Crippen LogP contribution >= 0.6 is 0 Å². The van der Waals surface area contributed by atoms with Crippen LogP contribution in [0.25, 0.3) is 0 Å². The van der Waals surface area contributed by atoms with Crippen molar-refractivity contribution in [2.75, 3.05) is 39.3 Å². The number of piperazine rings is 1. The van der Waals surface area contributed by atoms with Gasteiger partial charge in [-0.3, -0.25) is 0 Å². The van der Waals surface area contributed by atoms with Crippen molar-refractivity contribution in [1.82, 2.24) is 9.80 Å². The van der Waals surface area contributed by atoms with E-state index in [0.717, 1.165) is 0 Å². The van der Waals surface area contributed by atoms with E-state index in [1.165, 1.54) is 39.3 Å². The van der Waals surface area contributed by atoms with Crippen LogP contribution in [0.4, 0.5) is 0 Å². The van der Waals surface area contributed by atoms with E-state index < -0.39 is 0 Å². The van der Waals surface area contributed by atoms with Gasteiger partial charge < -0.3 is 9.80 Å². The molecule has 1 rings (SSSR count). The van der Waals surface area contributed by atoms with Crippen LogP contribution in [0.3, 0.4) is 0 Å². The summed E-state index contributed by atoms with van der Waals surface area (Å²) in [6.45, 7) is 12.0. The van der Waals surface area contributed by atoms with Gasteiger partial charge in [0.2, 0.25) is 0 Å². The van der Waals surface area contributed by atoms with Gasteiger partial charge in [0.25, 0.3) is 0 Å². The summed E-state index contributed by atoms with van der Waals surface area (Å²) in [6.07, 6.45) is 0. The van der Waals surface area contributed by atoms with Crippen LogP contribution in [0.15, 0.2) is 0 Å². The average Bonchev–Trinajstić information content (AvgIpc) is 2.05. The molecule has 1 aliphatic heterocycles. The third-order valence-corrected chi connectivity index (χ3v) is 2.36. The standard InChI is InChI=1S/C8H18N2.CH4/c1-3-9-5-7-10(4-2)8-6-9;/h3-8H2,1-2H3;1H4. The fourth-order valence-corrected chi connectivity index (χ4v) is 1.42. The number of rotatable bonds is 2. The van der Waals surface area contributed by atoms with Crippen molar-refractivity contribution < 1.29 is 0 Å². The lowest BCUT2D eigenvalue weighted by Crippen LogP contribution is -2.45. The van der Waals surface area contributed by atoms with Gasteiger partial charge in [-0.05, 0) is 13.1 Å². The predicted molar refractivity (Wildman–Crippen MR) is 51.0 cm³/mol. The molecule has 0 unspecified atom stereocenters. The SMILES string of the molecule is C.CCN1CCN(CC)CC1. The first-order chi connectivity index (χ1) is 4.86. The van der Waals surface area contributed by atoms with Gasteiger partial charge in [-0.15, -0.1) is 0 Å². The summed E-state index contributed by atoms with van der Waals surface area (Å²) < 4.78 is 0. The Morgan fingerprint density at radius 1 is 0.818 bits per heavy atom. The molecular weight excluding hydrogens is 136 g/mol. The molecule has 0 radical (unpaired) electrons. The first kappa shape index (κ1) is 10.9. The molecule has 0 aromatic rings. The zero-order valence-corrected chi connectivity index (χ0v) is 7.14. The summed E-state index contributed by atoms with van der Waals surface area (Å²) in [5.41, 5.74) is 0. The van der Waals surface area contributed by atoms with E-state index in [-0.39, 0.29) is 7.43 Å². The third-order valence-electron chi connectivity index (χ3n) is 2.36. The predicted octanol–water partition coefficient (Wildman–Crippen LogP) is 1.28. The van der Waals surface area contributed by atoms with E-state index in [1.807, 2.05) is 0 Å². The Kier molecular flexibility index (Phi) is 5.51. The quantitative estimate of drug-likeness (QED) is 0.597. The molecular formula is C9H22N2. The molecule has 11 heavy (non-hydrogen) atoms. The molecule has 68 valence electrons. The van der Waals surface area contributed by atoms with Gasteiger partial charge in [-0.1, -0.05) is 21.3 Å². The first-order valence-electron chi connectivity index (χ1n) is 4.31. The van der Waals surface area contributed by atoms with Crippen molar-refractivity contribution >= 4 is 0 Å². The fourth-order valence-electron chi connectivity index (χ4n) is 1.42. The van der Waals surface area contributed by atoms with Crippen LogP contribution in [-0.2, 0) is 0 Å². The number of likely N-dealkylation sites (N-methyl/N-ethyl adjacent to an activating group) is 2. The second-order valence-electron chi connectivity index (χ2n) is 2.87. The van der Waals surface area contributed by atoms with Gasteiger partial charge in [0.15, 0.2) is 0 Å². The second kappa shape index (κ2) is 5.56. The van der Waals surface area contributed by atoms with Gasteiger partial charge in [-0.2, -0.15) is 0 Å². The van der Waals surface area contributed by atoms with Gasteiger partial charge in [0.1, 0.15) is 0 Å². The molecule has 0 bridgehead atoms. The number of hydrogen-bond donors (Lipinski definition) is 0. The maximum Gasteiger partial charge on any atom is 0.0110 e. The van der Waals surface area contributed by atoms with Crippen LogP contribution in [0.2, 0.25) is 0 Å². The van der Waals surface area contributed by atoms with Crippen molar-refractivity contribution in [3.05, 3.63) is 0 Å². The smallest absolute Gasteiger partial charge is 0.0110 e. The van der Waals surface area contributed by atoms with E-state index >= 15 is 0 Å². The highest BCUT2D eigenvalue weighted by Crippen LogP contribution is 1.99. The summed E-state index contributed by atoms with van der Waals surface area (Å²) in [6, 6.07) is 0. The van der Waals surface area contributed by atoms with Crippen molar-refractivity contribution in [1.29, 1.82) is 0 Å². The molecule has 0 aromatic carbocycles. The highest BCUT2D eigenvalue weighted by molar-refractivity contribution is 4.69. The molecule has 1 heterocycles. The second-order valence-corrected chi connectivity index (χ2v) is 2.87. The van der Waals surface area contributed by atoms with Crippen LogP contribution in [0, 0.1) is 0 Å². The van der Waals surface area contributed by atoms with Crippen LogP contribution in [-0.4, -0.2) is 49.1 Å². The Labute approximate surface area is 71.2 Å². The van der Waals surface area contributed by atoms with E-state index in [1.54, 1.807) is 0 Å². The van der Waals surface area contributed by atoms with Gasteiger partial charge >= 0.3 is 0 Å². The molecule has 0 atom stereocenters. The summed E-state index contributed by atoms with van der Waals surface area (Å²) in [7, 11) is 0. The molecule has 0 aliphatic carbocycles. The van der Waals surface area contributed by atoms with Crippen molar-refractivity contribution in [3.63, 3.8) is 0 Å². The zero-order valence-electron chi connectivity index (χ0n) is 7.14. The lowest BCUT2D eigenvalue weighted by Gasteiger charge is -2.33. The molecule has 0 saturated carbocycles. The van der Waals surface area contributed by atoms with E-state index in [4.69, 9.17) is 0 Å². The number of nitrogens with zero attached hydrogens (tertiary/aromatic N) is 2. The Hall–Kier alpha value is -0.0800. The first-order valence-corrected chi connectivity index (χ1v) is 4.31.